The van der Waals surface area contributed by atoms with Gasteiger partial charge in [-0.25, -0.2) is 8.42 Å². The standard InChI is InChI=1S/C9H17NO4S/c1-9(4-6-15(13,14)7-9)10-5-2-3-8(11)12/h10H,2-7H2,1H3,(H,11,12). The molecule has 6 heteroatoms. The molecule has 1 aliphatic rings. The number of nitrogens with one attached hydrogen (secondary N) is 1. The third-order valence-electron chi connectivity index (χ3n) is 2.62. The van der Waals surface area contributed by atoms with E-state index >= 15 is 0 Å². The van der Waals surface area contributed by atoms with E-state index in [9.17, 15) is 13.2 Å². The summed E-state index contributed by atoms with van der Waals surface area (Å²) in [6, 6.07) is 0. The van der Waals surface area contributed by atoms with Gasteiger partial charge in [0.25, 0.3) is 0 Å². The molecule has 0 aromatic rings. The Morgan fingerprint density at radius 1 is 1.53 bits per heavy atom. The first-order valence-electron chi connectivity index (χ1n) is 5.00. The lowest BCUT2D eigenvalue weighted by Crippen LogP contribution is -2.43. The minimum Gasteiger partial charge on any atom is -0.481 e. The van der Waals surface area contributed by atoms with Crippen LogP contribution >= 0.6 is 0 Å². The fraction of sp³-hybridized carbons (Fsp3) is 0.889. The van der Waals surface area contributed by atoms with Gasteiger partial charge in [0.2, 0.25) is 0 Å². The molecule has 1 aliphatic heterocycles. The molecule has 1 atom stereocenters. The number of carbonyl (C=O) groups is 1. The van der Waals surface area contributed by atoms with Crippen molar-refractivity contribution in [3.63, 3.8) is 0 Å². The van der Waals surface area contributed by atoms with Crippen molar-refractivity contribution in [3.8, 4) is 0 Å². The maximum atomic E-state index is 11.3. The Bertz CT molecular complexity index is 338. The molecular weight excluding hydrogens is 218 g/mol. The molecule has 0 saturated carbocycles. The molecule has 0 amide bonds. The zero-order chi connectivity index (χ0) is 11.5. The van der Waals surface area contributed by atoms with Crippen LogP contribution < -0.4 is 5.32 Å². The van der Waals surface area contributed by atoms with E-state index in [0.717, 1.165) is 0 Å². The first-order chi connectivity index (χ1) is 6.83. The predicted molar refractivity (Wildman–Crippen MR) is 56.5 cm³/mol. The Morgan fingerprint density at radius 2 is 2.20 bits per heavy atom. The third kappa shape index (κ3) is 4.17. The summed E-state index contributed by atoms with van der Waals surface area (Å²) < 4.78 is 22.5. The van der Waals surface area contributed by atoms with Crippen LogP contribution in [0.15, 0.2) is 0 Å². The minimum absolute atomic E-state index is 0.121. The van der Waals surface area contributed by atoms with Gasteiger partial charge in [0.15, 0.2) is 9.84 Å². The van der Waals surface area contributed by atoms with E-state index in [1.165, 1.54) is 0 Å². The lowest BCUT2D eigenvalue weighted by molar-refractivity contribution is -0.137. The first-order valence-corrected chi connectivity index (χ1v) is 6.82. The molecule has 1 rings (SSSR count). The zero-order valence-electron chi connectivity index (χ0n) is 8.82. The number of carboxylic acids is 1. The average Bonchev–Trinajstić information content (AvgIpc) is 2.35. The Hall–Kier alpha value is -0.620. The molecule has 1 unspecified atom stereocenters. The lowest BCUT2D eigenvalue weighted by Gasteiger charge is -2.23. The monoisotopic (exact) mass is 235 g/mol. The molecule has 15 heavy (non-hydrogen) atoms. The van der Waals surface area contributed by atoms with Crippen molar-refractivity contribution < 1.29 is 18.3 Å². The second-order valence-corrected chi connectivity index (χ2v) is 6.51. The number of hydrogen-bond donors (Lipinski definition) is 2. The van der Waals surface area contributed by atoms with Crippen molar-refractivity contribution in [2.24, 2.45) is 0 Å². The van der Waals surface area contributed by atoms with Gasteiger partial charge in [0.1, 0.15) is 0 Å². The molecular formula is C9H17NO4S. The number of aliphatic carboxylic acids is 1. The van der Waals surface area contributed by atoms with Crippen molar-refractivity contribution in [1.29, 1.82) is 0 Å². The molecule has 1 heterocycles. The number of sulfone groups is 1. The number of hydrogen-bond acceptors (Lipinski definition) is 4. The highest BCUT2D eigenvalue weighted by Crippen LogP contribution is 2.22. The van der Waals surface area contributed by atoms with Gasteiger partial charge in [0.05, 0.1) is 11.5 Å². The van der Waals surface area contributed by atoms with E-state index < -0.39 is 15.8 Å². The summed E-state index contributed by atoms with van der Waals surface area (Å²) in [6.07, 6.45) is 1.27. The van der Waals surface area contributed by atoms with E-state index in [2.05, 4.69) is 5.32 Å². The van der Waals surface area contributed by atoms with Crippen molar-refractivity contribution >= 4 is 15.8 Å². The van der Waals surface area contributed by atoms with E-state index in [0.29, 0.717) is 19.4 Å². The topological polar surface area (TPSA) is 83.5 Å². The second-order valence-electron chi connectivity index (χ2n) is 4.33. The third-order valence-corrected chi connectivity index (χ3v) is 4.53. The summed E-state index contributed by atoms with van der Waals surface area (Å²) in [5.41, 5.74) is -0.364. The highest BCUT2D eigenvalue weighted by Gasteiger charge is 2.37. The highest BCUT2D eigenvalue weighted by molar-refractivity contribution is 7.91. The van der Waals surface area contributed by atoms with Crippen LogP contribution in [0.2, 0.25) is 0 Å². The van der Waals surface area contributed by atoms with Crippen LogP contribution in [0, 0.1) is 0 Å². The molecule has 0 spiro atoms. The normalized spacial score (nSPS) is 29.1. The quantitative estimate of drug-likeness (QED) is 0.656. The summed E-state index contributed by atoms with van der Waals surface area (Å²) in [4.78, 5) is 10.3. The van der Waals surface area contributed by atoms with Gasteiger partial charge < -0.3 is 10.4 Å². The van der Waals surface area contributed by atoms with Gasteiger partial charge in [-0.2, -0.15) is 0 Å². The maximum Gasteiger partial charge on any atom is 0.303 e. The van der Waals surface area contributed by atoms with Gasteiger partial charge in [-0.3, -0.25) is 4.79 Å². The molecule has 2 N–H and O–H groups in total. The predicted octanol–water partition coefficient (Wildman–Crippen LogP) is 0.0180. The highest BCUT2D eigenvalue weighted by atomic mass is 32.2. The molecule has 1 fully saturated rings. The fourth-order valence-electron chi connectivity index (χ4n) is 1.78. The van der Waals surface area contributed by atoms with Gasteiger partial charge in [-0.15, -0.1) is 0 Å². The summed E-state index contributed by atoms with van der Waals surface area (Å²) >= 11 is 0. The zero-order valence-corrected chi connectivity index (χ0v) is 9.64. The smallest absolute Gasteiger partial charge is 0.303 e. The van der Waals surface area contributed by atoms with Gasteiger partial charge in [0, 0.05) is 12.0 Å². The Labute approximate surface area is 89.8 Å². The molecule has 1 saturated heterocycles. The molecule has 0 aromatic heterocycles. The van der Waals surface area contributed by atoms with Crippen molar-refractivity contribution in [3.05, 3.63) is 0 Å². The summed E-state index contributed by atoms with van der Waals surface area (Å²) in [5.74, 6) is -0.427. The van der Waals surface area contributed by atoms with E-state index in [-0.39, 0.29) is 23.5 Å². The number of carboxylic acid groups (broad SMARTS) is 1. The van der Waals surface area contributed by atoms with Gasteiger partial charge in [-0.05, 0) is 26.3 Å². The van der Waals surface area contributed by atoms with Crippen molar-refractivity contribution in [2.45, 2.75) is 31.7 Å². The summed E-state index contributed by atoms with van der Waals surface area (Å²) in [5, 5.41) is 11.6. The van der Waals surface area contributed by atoms with Crippen LogP contribution in [0.25, 0.3) is 0 Å². The Morgan fingerprint density at radius 3 is 2.67 bits per heavy atom. The van der Waals surface area contributed by atoms with Crippen LogP contribution in [0.1, 0.15) is 26.2 Å². The first kappa shape index (κ1) is 12.4. The van der Waals surface area contributed by atoms with E-state index in [1.54, 1.807) is 0 Å². The van der Waals surface area contributed by atoms with Crippen LogP contribution in [-0.4, -0.2) is 43.1 Å². The lowest BCUT2D eigenvalue weighted by atomic mass is 10.0. The van der Waals surface area contributed by atoms with E-state index in [1.807, 2.05) is 6.92 Å². The largest absolute Gasteiger partial charge is 0.481 e. The van der Waals surface area contributed by atoms with E-state index in [4.69, 9.17) is 5.11 Å². The van der Waals surface area contributed by atoms with Crippen LogP contribution in [0.5, 0.6) is 0 Å². The number of rotatable bonds is 5. The van der Waals surface area contributed by atoms with Crippen molar-refractivity contribution in [2.75, 3.05) is 18.1 Å². The Kier molecular flexibility index (Phi) is 3.72. The van der Waals surface area contributed by atoms with Crippen LogP contribution in [-0.2, 0) is 14.6 Å². The summed E-state index contributed by atoms with van der Waals surface area (Å²) in [7, 11) is -2.89. The Balaban J connectivity index is 2.30. The summed E-state index contributed by atoms with van der Waals surface area (Å²) in [6.45, 7) is 2.43. The molecule has 0 aromatic carbocycles. The molecule has 0 bridgehead atoms. The van der Waals surface area contributed by atoms with Crippen LogP contribution in [0.3, 0.4) is 0 Å². The fourth-order valence-corrected chi connectivity index (χ4v) is 3.90. The molecule has 88 valence electrons. The average molecular weight is 235 g/mol. The van der Waals surface area contributed by atoms with Crippen LogP contribution in [0.4, 0.5) is 0 Å². The van der Waals surface area contributed by atoms with Gasteiger partial charge >= 0.3 is 5.97 Å². The van der Waals surface area contributed by atoms with Crippen molar-refractivity contribution in [1.82, 2.24) is 5.32 Å². The minimum atomic E-state index is -2.89. The SMILES string of the molecule is CC1(NCCCC(=O)O)CCS(=O)(=O)C1. The second kappa shape index (κ2) is 4.49. The maximum absolute atomic E-state index is 11.3. The molecule has 0 aliphatic carbocycles. The van der Waals surface area contributed by atoms with Gasteiger partial charge in [-0.1, -0.05) is 0 Å². The molecule has 0 radical (unpaired) electrons. The molecule has 5 nitrogen and oxygen atoms in total.